The van der Waals surface area contributed by atoms with Gasteiger partial charge in [0.05, 0.1) is 28.4 Å². The van der Waals surface area contributed by atoms with E-state index in [-0.39, 0.29) is 10.8 Å². The molecule has 0 saturated carbocycles. The number of hydrogen-bond donors (Lipinski definition) is 1. The summed E-state index contributed by atoms with van der Waals surface area (Å²) in [6.45, 7) is 1.95. The highest BCUT2D eigenvalue weighted by atomic mass is 32.2. The number of rotatable bonds is 7. The molecule has 0 atom stereocenters. The average Bonchev–Trinajstić information content (AvgIpc) is 3.30. The van der Waals surface area contributed by atoms with Gasteiger partial charge in [-0.2, -0.15) is 0 Å². The van der Waals surface area contributed by atoms with Gasteiger partial charge in [0.2, 0.25) is 0 Å². The second-order valence-corrected chi connectivity index (χ2v) is 10.5. The molecule has 0 fully saturated rings. The van der Waals surface area contributed by atoms with Crippen molar-refractivity contribution >= 4 is 38.6 Å². The Balaban J connectivity index is 1.48. The Labute approximate surface area is 202 Å². The summed E-state index contributed by atoms with van der Waals surface area (Å²) in [5.41, 5.74) is 3.26. The number of amides is 1. The zero-order chi connectivity index (χ0) is 24.3. The van der Waals surface area contributed by atoms with Crippen molar-refractivity contribution in [2.75, 3.05) is 23.8 Å². The molecule has 1 amide bonds. The van der Waals surface area contributed by atoms with E-state index in [1.165, 1.54) is 38.4 Å². The number of nitrogens with zero attached hydrogens (tertiary/aromatic N) is 2. The van der Waals surface area contributed by atoms with E-state index in [9.17, 15) is 13.2 Å². The van der Waals surface area contributed by atoms with Crippen LogP contribution >= 0.6 is 11.3 Å². The first-order valence-corrected chi connectivity index (χ1v) is 12.7. The molecule has 174 valence electrons. The standard InChI is InChI=1S/C25H23N3O4S2/c1-17-26-22(16-33-17)18-8-12-20(13-9-18)27-25(29)19-10-14-21(15-11-19)34(30,31)28(2)23-6-4-5-7-24(23)32-3/h4-16H,1-3H3,(H,27,29). The van der Waals surface area contributed by atoms with Crippen LogP contribution in [0.15, 0.2) is 83.1 Å². The smallest absolute Gasteiger partial charge is 0.264 e. The maximum absolute atomic E-state index is 13.1. The van der Waals surface area contributed by atoms with E-state index in [0.717, 1.165) is 20.6 Å². The third-order valence-electron chi connectivity index (χ3n) is 5.26. The van der Waals surface area contributed by atoms with E-state index in [1.54, 1.807) is 35.6 Å². The minimum Gasteiger partial charge on any atom is -0.495 e. The molecule has 1 heterocycles. The number of carbonyl (C=O) groups excluding carboxylic acids is 1. The van der Waals surface area contributed by atoms with E-state index in [2.05, 4.69) is 10.3 Å². The largest absolute Gasteiger partial charge is 0.495 e. The van der Waals surface area contributed by atoms with Crippen molar-refractivity contribution in [1.82, 2.24) is 4.98 Å². The molecule has 4 aromatic rings. The molecule has 0 spiro atoms. The molecule has 0 radical (unpaired) electrons. The van der Waals surface area contributed by atoms with Crippen molar-refractivity contribution in [2.24, 2.45) is 0 Å². The second-order valence-electron chi connectivity index (χ2n) is 7.45. The molecule has 34 heavy (non-hydrogen) atoms. The molecule has 0 unspecified atom stereocenters. The van der Waals surface area contributed by atoms with Crippen molar-refractivity contribution in [3.05, 3.63) is 88.7 Å². The monoisotopic (exact) mass is 493 g/mol. The van der Waals surface area contributed by atoms with Gasteiger partial charge in [-0.05, 0) is 55.5 Å². The minimum absolute atomic E-state index is 0.0698. The van der Waals surface area contributed by atoms with Crippen molar-refractivity contribution in [1.29, 1.82) is 0 Å². The van der Waals surface area contributed by atoms with E-state index in [0.29, 0.717) is 22.7 Å². The first kappa shape index (κ1) is 23.5. The highest BCUT2D eigenvalue weighted by Crippen LogP contribution is 2.31. The van der Waals surface area contributed by atoms with Crippen LogP contribution in [0.1, 0.15) is 15.4 Å². The van der Waals surface area contributed by atoms with Crippen LogP contribution < -0.4 is 14.4 Å². The first-order chi connectivity index (χ1) is 16.3. The fraction of sp³-hybridized carbons (Fsp3) is 0.120. The van der Waals surface area contributed by atoms with Crippen LogP contribution in [0.5, 0.6) is 5.75 Å². The molecule has 0 aliphatic rings. The molecule has 0 aliphatic heterocycles. The molecule has 1 aromatic heterocycles. The lowest BCUT2D eigenvalue weighted by molar-refractivity contribution is 0.102. The van der Waals surface area contributed by atoms with Crippen molar-refractivity contribution in [2.45, 2.75) is 11.8 Å². The fourth-order valence-corrected chi connectivity index (χ4v) is 5.21. The lowest BCUT2D eigenvalue weighted by Gasteiger charge is -2.21. The summed E-state index contributed by atoms with van der Waals surface area (Å²) in [5, 5.41) is 5.81. The zero-order valence-corrected chi connectivity index (χ0v) is 20.5. The Morgan fingerprint density at radius 3 is 2.29 bits per heavy atom. The van der Waals surface area contributed by atoms with E-state index < -0.39 is 10.0 Å². The number of methoxy groups -OCH3 is 1. The molecule has 1 N–H and O–H groups in total. The van der Waals surface area contributed by atoms with Gasteiger partial charge in [0.25, 0.3) is 15.9 Å². The molecule has 7 nitrogen and oxygen atoms in total. The predicted molar refractivity (Wildman–Crippen MR) is 135 cm³/mol. The van der Waals surface area contributed by atoms with Crippen LogP contribution in [-0.4, -0.2) is 33.5 Å². The van der Waals surface area contributed by atoms with Crippen LogP contribution in [0.4, 0.5) is 11.4 Å². The van der Waals surface area contributed by atoms with E-state index >= 15 is 0 Å². The predicted octanol–water partition coefficient (Wildman–Crippen LogP) is 5.20. The topological polar surface area (TPSA) is 88.6 Å². The SMILES string of the molecule is COc1ccccc1N(C)S(=O)(=O)c1ccc(C(=O)Nc2ccc(-c3csc(C)n3)cc2)cc1. The maximum Gasteiger partial charge on any atom is 0.264 e. The van der Waals surface area contributed by atoms with Gasteiger partial charge in [-0.1, -0.05) is 24.3 Å². The summed E-state index contributed by atoms with van der Waals surface area (Å²) in [5.74, 6) is 0.111. The lowest BCUT2D eigenvalue weighted by Crippen LogP contribution is -2.27. The fourth-order valence-electron chi connectivity index (χ4n) is 3.38. The van der Waals surface area contributed by atoms with Crippen molar-refractivity contribution in [3.63, 3.8) is 0 Å². The van der Waals surface area contributed by atoms with Gasteiger partial charge < -0.3 is 10.1 Å². The van der Waals surface area contributed by atoms with Crippen LogP contribution in [0.25, 0.3) is 11.3 Å². The van der Waals surface area contributed by atoms with Gasteiger partial charge >= 0.3 is 0 Å². The third-order valence-corrected chi connectivity index (χ3v) is 7.82. The number of anilines is 2. The molecular weight excluding hydrogens is 470 g/mol. The Morgan fingerprint density at radius 2 is 1.68 bits per heavy atom. The minimum atomic E-state index is -3.84. The highest BCUT2D eigenvalue weighted by molar-refractivity contribution is 7.92. The number of para-hydroxylation sites is 2. The number of benzene rings is 3. The van der Waals surface area contributed by atoms with Crippen LogP contribution in [0.2, 0.25) is 0 Å². The number of ether oxygens (including phenoxy) is 1. The maximum atomic E-state index is 13.1. The highest BCUT2D eigenvalue weighted by Gasteiger charge is 2.24. The first-order valence-electron chi connectivity index (χ1n) is 10.4. The molecule has 9 heteroatoms. The molecule has 0 saturated heterocycles. The lowest BCUT2D eigenvalue weighted by atomic mass is 10.1. The summed E-state index contributed by atoms with van der Waals surface area (Å²) in [7, 11) is -0.890. The van der Waals surface area contributed by atoms with Crippen molar-refractivity contribution < 1.29 is 17.9 Å². The Morgan fingerprint density at radius 1 is 1.00 bits per heavy atom. The Hall–Kier alpha value is -3.69. The zero-order valence-electron chi connectivity index (χ0n) is 18.8. The summed E-state index contributed by atoms with van der Waals surface area (Å²) < 4.78 is 32.6. The number of sulfonamides is 1. The number of thiazole rings is 1. The third kappa shape index (κ3) is 4.80. The summed E-state index contributed by atoms with van der Waals surface area (Å²) in [4.78, 5) is 17.2. The summed E-state index contributed by atoms with van der Waals surface area (Å²) in [6.07, 6.45) is 0. The second kappa shape index (κ2) is 9.66. The van der Waals surface area contributed by atoms with Gasteiger partial charge in [0.15, 0.2) is 0 Å². The van der Waals surface area contributed by atoms with Gasteiger partial charge in [0.1, 0.15) is 5.75 Å². The van der Waals surface area contributed by atoms with E-state index in [4.69, 9.17) is 4.74 Å². The Bertz CT molecular complexity index is 1410. The molecular formula is C25H23N3O4S2. The summed E-state index contributed by atoms with van der Waals surface area (Å²) >= 11 is 1.58. The van der Waals surface area contributed by atoms with Gasteiger partial charge in [-0.3, -0.25) is 9.10 Å². The molecule has 3 aromatic carbocycles. The Kier molecular flexibility index (Phi) is 6.67. The van der Waals surface area contributed by atoms with E-state index in [1.807, 2.05) is 36.6 Å². The summed E-state index contributed by atoms with van der Waals surface area (Å²) in [6, 6.07) is 20.1. The molecule has 4 rings (SSSR count). The normalized spacial score (nSPS) is 11.1. The number of aromatic nitrogens is 1. The van der Waals surface area contributed by atoms with Gasteiger partial charge in [0, 0.05) is 29.2 Å². The van der Waals surface area contributed by atoms with Crippen LogP contribution in [0, 0.1) is 6.92 Å². The number of nitrogens with one attached hydrogen (secondary N) is 1. The number of hydrogen-bond acceptors (Lipinski definition) is 6. The quantitative estimate of drug-likeness (QED) is 0.382. The number of aryl methyl sites for hydroxylation is 1. The molecule has 0 aliphatic carbocycles. The van der Waals surface area contributed by atoms with Crippen molar-refractivity contribution in [3.8, 4) is 17.0 Å². The van der Waals surface area contributed by atoms with Crippen LogP contribution in [-0.2, 0) is 10.0 Å². The average molecular weight is 494 g/mol. The number of carbonyl (C=O) groups is 1. The van der Waals surface area contributed by atoms with Gasteiger partial charge in [-0.25, -0.2) is 13.4 Å². The van der Waals surface area contributed by atoms with Crippen LogP contribution in [0.3, 0.4) is 0 Å². The molecule has 0 bridgehead atoms. The van der Waals surface area contributed by atoms with Gasteiger partial charge in [-0.15, -0.1) is 11.3 Å².